The van der Waals surface area contributed by atoms with Gasteiger partial charge >= 0.3 is 0 Å². The molecule has 1 unspecified atom stereocenters. The first-order chi connectivity index (χ1) is 9.71. The summed E-state index contributed by atoms with van der Waals surface area (Å²) in [5, 5.41) is 20.5. The smallest absolute Gasteiger partial charge is 0.258 e. The lowest BCUT2D eigenvalue weighted by Gasteiger charge is -2.17. The summed E-state index contributed by atoms with van der Waals surface area (Å²) < 4.78 is 10.3. The largest absolute Gasteiger partial charge is 0.482 e. The zero-order chi connectivity index (χ0) is 14.8. The van der Waals surface area contributed by atoms with Crippen molar-refractivity contribution in [1.82, 2.24) is 5.32 Å². The van der Waals surface area contributed by atoms with Crippen LogP contribution in [0.15, 0.2) is 24.3 Å². The second-order valence-electron chi connectivity index (χ2n) is 4.13. The summed E-state index contributed by atoms with van der Waals surface area (Å²) in [4.78, 5) is 11.7. The molecule has 0 aliphatic heterocycles. The molecule has 1 aromatic carbocycles. The number of benzene rings is 1. The Morgan fingerprint density at radius 1 is 1.50 bits per heavy atom. The van der Waals surface area contributed by atoms with Crippen molar-refractivity contribution in [1.29, 1.82) is 5.26 Å². The number of carbonyl (C=O) groups is 1. The highest BCUT2D eigenvalue weighted by molar-refractivity contribution is 5.77. The fourth-order valence-corrected chi connectivity index (χ4v) is 1.65. The van der Waals surface area contributed by atoms with Gasteiger partial charge in [-0.3, -0.25) is 4.79 Å². The number of carbonyl (C=O) groups excluding carboxylic acids is 1. The fourth-order valence-electron chi connectivity index (χ4n) is 1.65. The third-order valence-corrected chi connectivity index (χ3v) is 2.58. The van der Waals surface area contributed by atoms with Gasteiger partial charge in [-0.1, -0.05) is 12.1 Å². The number of aliphatic hydroxyl groups excluding tert-OH is 1. The Kier molecular flexibility index (Phi) is 7.11. The molecule has 0 radical (unpaired) electrons. The van der Waals surface area contributed by atoms with Crippen molar-refractivity contribution in [2.45, 2.75) is 12.5 Å². The van der Waals surface area contributed by atoms with E-state index in [1.807, 2.05) is 6.07 Å². The number of hydrogen-bond donors (Lipinski definition) is 2. The number of amides is 1. The van der Waals surface area contributed by atoms with E-state index in [1.165, 1.54) is 7.11 Å². The Bertz CT molecular complexity index is 464. The normalized spacial score (nSPS) is 11.4. The van der Waals surface area contributed by atoms with E-state index in [0.29, 0.717) is 24.3 Å². The number of nitriles is 1. The molecular formula is C14H18N2O4. The average molecular weight is 278 g/mol. The number of para-hydroxylation sites is 1. The average Bonchev–Trinajstić information content (AvgIpc) is 2.46. The molecule has 1 rings (SSSR count). The van der Waals surface area contributed by atoms with Crippen molar-refractivity contribution in [2.75, 3.05) is 26.9 Å². The van der Waals surface area contributed by atoms with Gasteiger partial charge in [0, 0.05) is 13.7 Å². The highest BCUT2D eigenvalue weighted by atomic mass is 16.5. The zero-order valence-corrected chi connectivity index (χ0v) is 11.3. The van der Waals surface area contributed by atoms with Gasteiger partial charge in [-0.2, -0.15) is 5.26 Å². The number of methoxy groups -OCH3 is 1. The molecule has 0 aliphatic rings. The molecule has 0 bridgehead atoms. The molecule has 0 saturated carbocycles. The minimum absolute atomic E-state index is 0.0353. The van der Waals surface area contributed by atoms with Crippen LogP contribution in [-0.2, 0) is 9.53 Å². The summed E-state index contributed by atoms with van der Waals surface area (Å²) in [6, 6.07) is 8.44. The van der Waals surface area contributed by atoms with Crippen molar-refractivity contribution in [2.24, 2.45) is 0 Å². The van der Waals surface area contributed by atoms with E-state index in [-0.39, 0.29) is 25.2 Å². The van der Waals surface area contributed by atoms with Crippen LogP contribution in [0.5, 0.6) is 5.75 Å². The van der Waals surface area contributed by atoms with E-state index < -0.39 is 0 Å². The van der Waals surface area contributed by atoms with E-state index in [4.69, 9.17) is 19.8 Å². The molecule has 1 atom stereocenters. The molecule has 0 heterocycles. The van der Waals surface area contributed by atoms with Crippen LogP contribution in [0.25, 0.3) is 0 Å². The number of aliphatic hydroxyl groups is 1. The summed E-state index contributed by atoms with van der Waals surface area (Å²) >= 11 is 0. The number of rotatable bonds is 8. The first-order valence-corrected chi connectivity index (χ1v) is 6.22. The number of hydrogen-bond acceptors (Lipinski definition) is 5. The summed E-state index contributed by atoms with van der Waals surface area (Å²) in [5.41, 5.74) is 0.379. The van der Waals surface area contributed by atoms with Crippen LogP contribution in [0, 0.1) is 11.3 Å². The van der Waals surface area contributed by atoms with E-state index in [0.717, 1.165) is 0 Å². The molecule has 0 aliphatic carbocycles. The van der Waals surface area contributed by atoms with Gasteiger partial charge in [-0.15, -0.1) is 0 Å². The number of ether oxygens (including phenoxy) is 2. The molecule has 108 valence electrons. The molecule has 0 spiro atoms. The summed E-state index contributed by atoms with van der Waals surface area (Å²) in [6.07, 6.45) is 0.411. The first kappa shape index (κ1) is 16.0. The van der Waals surface area contributed by atoms with E-state index in [9.17, 15) is 4.79 Å². The maximum absolute atomic E-state index is 11.7. The molecule has 1 aromatic rings. The lowest BCUT2D eigenvalue weighted by atomic mass is 10.2. The van der Waals surface area contributed by atoms with Gasteiger partial charge in [0.05, 0.1) is 18.2 Å². The van der Waals surface area contributed by atoms with Crippen LogP contribution < -0.4 is 10.1 Å². The van der Waals surface area contributed by atoms with Crippen molar-refractivity contribution in [3.05, 3.63) is 29.8 Å². The lowest BCUT2D eigenvalue weighted by molar-refractivity contribution is -0.124. The molecule has 6 heteroatoms. The lowest BCUT2D eigenvalue weighted by Crippen LogP contribution is -2.41. The maximum atomic E-state index is 11.7. The van der Waals surface area contributed by atoms with Gasteiger partial charge in [0.25, 0.3) is 5.91 Å². The third kappa shape index (κ3) is 5.26. The Labute approximate surface area is 117 Å². The van der Waals surface area contributed by atoms with Crippen molar-refractivity contribution in [3.8, 4) is 11.8 Å². The second kappa shape index (κ2) is 8.91. The Morgan fingerprint density at radius 3 is 2.90 bits per heavy atom. The van der Waals surface area contributed by atoms with Crippen LogP contribution >= 0.6 is 0 Å². The molecule has 2 N–H and O–H groups in total. The van der Waals surface area contributed by atoms with Crippen molar-refractivity contribution < 1.29 is 19.4 Å². The monoisotopic (exact) mass is 278 g/mol. The van der Waals surface area contributed by atoms with E-state index in [1.54, 1.807) is 24.3 Å². The van der Waals surface area contributed by atoms with Gasteiger partial charge in [0.15, 0.2) is 6.61 Å². The summed E-state index contributed by atoms with van der Waals surface area (Å²) in [7, 11) is 1.52. The second-order valence-corrected chi connectivity index (χ2v) is 4.13. The Hall–Kier alpha value is -2.10. The quantitative estimate of drug-likeness (QED) is 0.720. The minimum Gasteiger partial charge on any atom is -0.482 e. The molecule has 20 heavy (non-hydrogen) atoms. The van der Waals surface area contributed by atoms with Gasteiger partial charge < -0.3 is 19.9 Å². The highest BCUT2D eigenvalue weighted by Crippen LogP contribution is 2.16. The molecule has 1 amide bonds. The fraction of sp³-hybridized carbons (Fsp3) is 0.429. The third-order valence-electron chi connectivity index (χ3n) is 2.58. The molecule has 0 saturated heterocycles. The summed E-state index contributed by atoms with van der Waals surface area (Å²) in [5.74, 6) is 0.0452. The Balaban J connectivity index is 2.48. The van der Waals surface area contributed by atoms with Crippen LogP contribution in [-0.4, -0.2) is 44.0 Å². The van der Waals surface area contributed by atoms with E-state index in [2.05, 4.69) is 5.32 Å². The topological polar surface area (TPSA) is 91.6 Å². The van der Waals surface area contributed by atoms with Gasteiger partial charge in [-0.25, -0.2) is 0 Å². The predicted octanol–water partition coefficient (Wildman–Crippen LogP) is 0.451. The molecule has 0 aromatic heterocycles. The van der Waals surface area contributed by atoms with E-state index >= 15 is 0 Å². The summed E-state index contributed by atoms with van der Waals surface area (Å²) in [6.45, 7) is 0.0951. The minimum atomic E-state index is -0.326. The zero-order valence-electron chi connectivity index (χ0n) is 11.3. The van der Waals surface area contributed by atoms with Gasteiger partial charge in [0.2, 0.25) is 0 Å². The van der Waals surface area contributed by atoms with Crippen LogP contribution in [0.2, 0.25) is 0 Å². The van der Waals surface area contributed by atoms with Crippen LogP contribution in [0.4, 0.5) is 0 Å². The molecule has 0 fully saturated rings. The van der Waals surface area contributed by atoms with Gasteiger partial charge in [-0.05, 0) is 18.6 Å². The number of nitrogens with one attached hydrogen (secondary N) is 1. The maximum Gasteiger partial charge on any atom is 0.258 e. The van der Waals surface area contributed by atoms with Crippen molar-refractivity contribution in [3.63, 3.8) is 0 Å². The number of nitrogens with zero attached hydrogens (tertiary/aromatic N) is 1. The molecular weight excluding hydrogens is 260 g/mol. The first-order valence-electron chi connectivity index (χ1n) is 6.22. The van der Waals surface area contributed by atoms with Crippen LogP contribution in [0.3, 0.4) is 0 Å². The predicted molar refractivity (Wildman–Crippen MR) is 72.2 cm³/mol. The Morgan fingerprint density at radius 2 is 2.25 bits per heavy atom. The van der Waals surface area contributed by atoms with Crippen LogP contribution in [0.1, 0.15) is 12.0 Å². The molecule has 6 nitrogen and oxygen atoms in total. The SMILES string of the molecule is COCC(CCO)NC(=O)COc1ccccc1C#N. The standard InChI is InChI=1S/C14H18N2O4/c1-19-9-12(6-7-17)16-14(18)10-20-13-5-3-2-4-11(13)8-15/h2-5,12,17H,6-7,9-10H2,1H3,(H,16,18). The van der Waals surface area contributed by atoms with Crippen molar-refractivity contribution >= 4 is 5.91 Å². The highest BCUT2D eigenvalue weighted by Gasteiger charge is 2.12. The van der Waals surface area contributed by atoms with Gasteiger partial charge in [0.1, 0.15) is 11.8 Å².